The maximum Gasteiger partial charge on any atom is 0.119 e. The van der Waals surface area contributed by atoms with Gasteiger partial charge in [-0.1, -0.05) is 0 Å². The van der Waals surface area contributed by atoms with Crippen molar-refractivity contribution < 1.29 is 4.74 Å². The first-order valence-corrected chi connectivity index (χ1v) is 7.00. The van der Waals surface area contributed by atoms with Crippen molar-refractivity contribution in [3.05, 3.63) is 0 Å². The molecule has 0 aromatic carbocycles. The van der Waals surface area contributed by atoms with Gasteiger partial charge in [-0.2, -0.15) is 0 Å². The molecule has 1 unspecified atom stereocenters. The third-order valence-electron chi connectivity index (χ3n) is 4.36. The summed E-state index contributed by atoms with van der Waals surface area (Å²) in [6, 6.07) is 0.678. The highest BCUT2D eigenvalue weighted by Gasteiger charge is 2.46. The standard InChI is InChI=1S/C14H28N2O.ClH/c1-11(2)16-8-6-12(7-9-16)14(5)15-13(3,4)10-17-14;/h11-12,15H,6-10H2,1-5H3;1H. The zero-order valence-electron chi connectivity index (χ0n) is 12.5. The molecule has 4 heteroatoms. The Bertz CT molecular complexity index is 275. The Morgan fingerprint density at radius 2 is 1.72 bits per heavy atom. The Hall–Kier alpha value is 0.170. The minimum absolute atomic E-state index is 0. The Balaban J connectivity index is 0.00000162. The van der Waals surface area contributed by atoms with Gasteiger partial charge >= 0.3 is 0 Å². The van der Waals surface area contributed by atoms with Crippen LogP contribution in [0, 0.1) is 5.92 Å². The van der Waals surface area contributed by atoms with Gasteiger partial charge < -0.3 is 9.64 Å². The SMILES string of the molecule is CC(C)N1CCC(C2(C)NC(C)(C)CO2)CC1.Cl. The number of rotatable bonds is 2. The molecule has 2 fully saturated rings. The molecule has 1 N–H and O–H groups in total. The number of piperidine rings is 1. The van der Waals surface area contributed by atoms with Crippen molar-refractivity contribution in [1.29, 1.82) is 0 Å². The van der Waals surface area contributed by atoms with E-state index in [1.165, 1.54) is 25.9 Å². The number of halogens is 1. The summed E-state index contributed by atoms with van der Waals surface area (Å²) in [7, 11) is 0. The Labute approximate surface area is 118 Å². The summed E-state index contributed by atoms with van der Waals surface area (Å²) >= 11 is 0. The first-order chi connectivity index (χ1) is 7.82. The molecule has 0 aromatic rings. The lowest BCUT2D eigenvalue weighted by Crippen LogP contribution is -2.54. The molecule has 1 atom stereocenters. The largest absolute Gasteiger partial charge is 0.359 e. The van der Waals surface area contributed by atoms with Crippen LogP contribution in [0.2, 0.25) is 0 Å². The number of hydrogen-bond acceptors (Lipinski definition) is 3. The molecular formula is C14H29ClN2O. The Kier molecular flexibility index (Phi) is 5.10. The van der Waals surface area contributed by atoms with Crippen LogP contribution in [0.5, 0.6) is 0 Å². The summed E-state index contributed by atoms with van der Waals surface area (Å²) in [5, 5.41) is 3.68. The second-order valence-corrected chi connectivity index (χ2v) is 6.81. The molecular weight excluding hydrogens is 248 g/mol. The molecule has 0 aromatic heterocycles. The smallest absolute Gasteiger partial charge is 0.119 e. The fraction of sp³-hybridized carbons (Fsp3) is 1.00. The van der Waals surface area contributed by atoms with E-state index in [0.29, 0.717) is 12.0 Å². The van der Waals surface area contributed by atoms with Gasteiger partial charge in [0.05, 0.1) is 6.61 Å². The van der Waals surface area contributed by atoms with Crippen LogP contribution in [0.15, 0.2) is 0 Å². The highest BCUT2D eigenvalue weighted by molar-refractivity contribution is 5.85. The minimum Gasteiger partial charge on any atom is -0.359 e. The topological polar surface area (TPSA) is 24.5 Å². The molecule has 108 valence electrons. The normalized spacial score (nSPS) is 33.7. The first kappa shape index (κ1) is 16.2. The first-order valence-electron chi connectivity index (χ1n) is 7.00. The van der Waals surface area contributed by atoms with Crippen LogP contribution in [0.4, 0.5) is 0 Å². The van der Waals surface area contributed by atoms with Crippen LogP contribution < -0.4 is 5.32 Å². The van der Waals surface area contributed by atoms with E-state index in [4.69, 9.17) is 4.74 Å². The average Bonchev–Trinajstić information content (AvgIpc) is 2.54. The van der Waals surface area contributed by atoms with Gasteiger partial charge in [-0.05, 0) is 60.5 Å². The molecule has 0 radical (unpaired) electrons. The lowest BCUT2D eigenvalue weighted by Gasteiger charge is -2.42. The summed E-state index contributed by atoms with van der Waals surface area (Å²) in [4.78, 5) is 2.57. The maximum absolute atomic E-state index is 6.06. The van der Waals surface area contributed by atoms with Crippen LogP contribution >= 0.6 is 12.4 Å². The molecule has 0 saturated carbocycles. The fourth-order valence-electron chi connectivity index (χ4n) is 3.26. The van der Waals surface area contributed by atoms with Gasteiger partial charge in [0.2, 0.25) is 0 Å². The van der Waals surface area contributed by atoms with Crippen LogP contribution in [-0.2, 0) is 4.74 Å². The average molecular weight is 277 g/mol. The summed E-state index contributed by atoms with van der Waals surface area (Å²) in [5.74, 6) is 0.652. The van der Waals surface area contributed by atoms with E-state index in [0.717, 1.165) is 6.61 Å². The molecule has 0 amide bonds. The summed E-state index contributed by atoms with van der Waals surface area (Å²) in [6.07, 6.45) is 2.50. The van der Waals surface area contributed by atoms with Gasteiger partial charge in [0.15, 0.2) is 0 Å². The zero-order chi connectivity index (χ0) is 12.7. The summed E-state index contributed by atoms with van der Waals surface area (Å²) in [5.41, 5.74) is 0.0243. The fourth-order valence-corrected chi connectivity index (χ4v) is 3.26. The van der Waals surface area contributed by atoms with Crippen molar-refractivity contribution in [1.82, 2.24) is 10.2 Å². The molecule has 2 aliphatic heterocycles. The second-order valence-electron chi connectivity index (χ2n) is 6.81. The van der Waals surface area contributed by atoms with Gasteiger partial charge in [0.1, 0.15) is 5.72 Å². The molecule has 3 nitrogen and oxygen atoms in total. The molecule has 2 rings (SSSR count). The number of ether oxygens (including phenoxy) is 1. The highest BCUT2D eigenvalue weighted by atomic mass is 35.5. The third-order valence-corrected chi connectivity index (χ3v) is 4.36. The van der Waals surface area contributed by atoms with Crippen molar-refractivity contribution in [2.75, 3.05) is 19.7 Å². The summed E-state index contributed by atoms with van der Waals surface area (Å²) in [6.45, 7) is 14.5. The number of nitrogens with one attached hydrogen (secondary N) is 1. The van der Waals surface area contributed by atoms with Crippen LogP contribution in [0.1, 0.15) is 47.5 Å². The molecule has 0 aliphatic carbocycles. The third kappa shape index (κ3) is 3.38. The van der Waals surface area contributed by atoms with Crippen molar-refractivity contribution >= 4 is 12.4 Å². The summed E-state index contributed by atoms with van der Waals surface area (Å²) < 4.78 is 6.06. The van der Waals surface area contributed by atoms with Gasteiger partial charge in [0, 0.05) is 17.5 Å². The highest BCUT2D eigenvalue weighted by Crippen LogP contribution is 2.35. The molecule has 18 heavy (non-hydrogen) atoms. The molecule has 0 spiro atoms. The number of hydrogen-bond donors (Lipinski definition) is 1. The predicted molar refractivity (Wildman–Crippen MR) is 78.3 cm³/mol. The lowest BCUT2D eigenvalue weighted by atomic mass is 9.86. The maximum atomic E-state index is 6.06. The van der Waals surface area contributed by atoms with Crippen molar-refractivity contribution in [2.45, 2.75) is 64.8 Å². The number of likely N-dealkylation sites (tertiary alicyclic amines) is 1. The quantitative estimate of drug-likeness (QED) is 0.839. The minimum atomic E-state index is -0.105. The van der Waals surface area contributed by atoms with E-state index < -0.39 is 0 Å². The molecule has 2 aliphatic rings. The van der Waals surface area contributed by atoms with Crippen LogP contribution in [0.25, 0.3) is 0 Å². The Morgan fingerprint density at radius 1 is 1.17 bits per heavy atom. The van der Waals surface area contributed by atoms with Gasteiger partial charge in [-0.3, -0.25) is 5.32 Å². The van der Waals surface area contributed by atoms with Gasteiger partial charge in [-0.25, -0.2) is 0 Å². The van der Waals surface area contributed by atoms with Crippen molar-refractivity contribution in [2.24, 2.45) is 5.92 Å². The van der Waals surface area contributed by atoms with E-state index in [2.05, 4.69) is 44.8 Å². The predicted octanol–water partition coefficient (Wildman–Crippen LogP) is 2.64. The monoisotopic (exact) mass is 276 g/mol. The lowest BCUT2D eigenvalue weighted by molar-refractivity contribution is -0.0645. The van der Waals surface area contributed by atoms with E-state index in [1.807, 2.05) is 0 Å². The van der Waals surface area contributed by atoms with Crippen molar-refractivity contribution in [3.63, 3.8) is 0 Å². The van der Waals surface area contributed by atoms with Gasteiger partial charge in [0.25, 0.3) is 0 Å². The van der Waals surface area contributed by atoms with Crippen molar-refractivity contribution in [3.8, 4) is 0 Å². The van der Waals surface area contributed by atoms with Crippen LogP contribution in [0.3, 0.4) is 0 Å². The Morgan fingerprint density at radius 3 is 2.11 bits per heavy atom. The van der Waals surface area contributed by atoms with E-state index in [1.54, 1.807) is 0 Å². The molecule has 2 saturated heterocycles. The van der Waals surface area contributed by atoms with E-state index in [-0.39, 0.29) is 23.7 Å². The van der Waals surface area contributed by atoms with Gasteiger partial charge in [-0.15, -0.1) is 12.4 Å². The zero-order valence-corrected chi connectivity index (χ0v) is 13.3. The van der Waals surface area contributed by atoms with E-state index in [9.17, 15) is 0 Å². The molecule has 2 heterocycles. The second kappa shape index (κ2) is 5.66. The van der Waals surface area contributed by atoms with E-state index >= 15 is 0 Å². The number of nitrogens with zero attached hydrogens (tertiary/aromatic N) is 1. The molecule has 0 bridgehead atoms. The van der Waals surface area contributed by atoms with Crippen LogP contribution in [-0.4, -0.2) is 41.9 Å².